The van der Waals surface area contributed by atoms with E-state index in [2.05, 4.69) is 27.2 Å². The van der Waals surface area contributed by atoms with Gasteiger partial charge in [0.15, 0.2) is 5.65 Å². The molecule has 3 N–H and O–H groups in total. The first-order valence-corrected chi connectivity index (χ1v) is 6.86. The lowest BCUT2D eigenvalue weighted by Crippen LogP contribution is -2.26. The summed E-state index contributed by atoms with van der Waals surface area (Å²) in [7, 11) is 0. The van der Waals surface area contributed by atoms with Gasteiger partial charge in [0, 0.05) is 6.04 Å². The number of fused-ring (bicyclic) bond motifs is 1. The molecule has 1 aliphatic carbocycles. The van der Waals surface area contributed by atoms with E-state index in [1.807, 2.05) is 6.07 Å². The predicted molar refractivity (Wildman–Crippen MR) is 76.8 cm³/mol. The topological polar surface area (TPSA) is 76.7 Å². The van der Waals surface area contributed by atoms with Gasteiger partial charge in [0.05, 0.1) is 5.39 Å². The van der Waals surface area contributed by atoms with Crippen LogP contribution < -0.4 is 11.1 Å². The molecule has 0 aromatic carbocycles. The fourth-order valence-corrected chi connectivity index (χ4v) is 2.83. The van der Waals surface area contributed by atoms with Crippen LogP contribution in [-0.4, -0.2) is 21.0 Å². The zero-order chi connectivity index (χ0) is 13.2. The standard InChI is InChI=1S/C14H19N5/c1-9-3-2-4-10(7-9)18-13-11-5-6-12(15)19-14(11)17-8-16-13/h5-6,8-10H,2-4,7H2,1H3,(H3,15,16,17,18,19). The van der Waals surface area contributed by atoms with Crippen LogP contribution in [0, 0.1) is 5.92 Å². The third kappa shape index (κ3) is 2.59. The molecule has 0 amide bonds. The SMILES string of the molecule is CC1CCCC(Nc2ncnc3nc(N)ccc23)C1. The van der Waals surface area contributed by atoms with Crippen LogP contribution in [0.2, 0.25) is 0 Å². The van der Waals surface area contributed by atoms with Crippen molar-refractivity contribution in [3.05, 3.63) is 18.5 Å². The number of hydrogen-bond donors (Lipinski definition) is 2. The molecule has 0 saturated heterocycles. The number of nitrogens with two attached hydrogens (primary N) is 1. The van der Waals surface area contributed by atoms with Crippen molar-refractivity contribution < 1.29 is 0 Å². The Hall–Kier alpha value is -1.91. The van der Waals surface area contributed by atoms with Crippen molar-refractivity contribution in [2.75, 3.05) is 11.1 Å². The second-order valence-corrected chi connectivity index (χ2v) is 5.44. The fraction of sp³-hybridized carbons (Fsp3) is 0.500. The molecule has 2 heterocycles. The van der Waals surface area contributed by atoms with Gasteiger partial charge in [-0.05, 0) is 30.9 Å². The second kappa shape index (κ2) is 4.99. The molecule has 5 nitrogen and oxygen atoms in total. The average molecular weight is 257 g/mol. The van der Waals surface area contributed by atoms with Crippen LogP contribution in [0.3, 0.4) is 0 Å². The lowest BCUT2D eigenvalue weighted by molar-refractivity contribution is 0.358. The first-order chi connectivity index (χ1) is 9.22. The van der Waals surface area contributed by atoms with Gasteiger partial charge >= 0.3 is 0 Å². The molecule has 2 atom stereocenters. The average Bonchev–Trinajstić information content (AvgIpc) is 2.38. The minimum Gasteiger partial charge on any atom is -0.384 e. The van der Waals surface area contributed by atoms with E-state index in [9.17, 15) is 0 Å². The summed E-state index contributed by atoms with van der Waals surface area (Å²) in [5.74, 6) is 2.15. The summed E-state index contributed by atoms with van der Waals surface area (Å²) in [6, 6.07) is 4.23. The van der Waals surface area contributed by atoms with E-state index in [1.165, 1.54) is 25.7 Å². The van der Waals surface area contributed by atoms with Gasteiger partial charge in [-0.1, -0.05) is 19.8 Å². The van der Waals surface area contributed by atoms with Gasteiger partial charge in [0.25, 0.3) is 0 Å². The highest BCUT2D eigenvalue weighted by atomic mass is 15.1. The Morgan fingerprint density at radius 1 is 1.26 bits per heavy atom. The molecule has 3 rings (SSSR count). The maximum absolute atomic E-state index is 5.68. The van der Waals surface area contributed by atoms with Gasteiger partial charge in [0.2, 0.25) is 0 Å². The van der Waals surface area contributed by atoms with Crippen molar-refractivity contribution in [2.24, 2.45) is 5.92 Å². The highest BCUT2D eigenvalue weighted by Crippen LogP contribution is 2.27. The van der Waals surface area contributed by atoms with E-state index in [-0.39, 0.29) is 0 Å². The molecule has 2 unspecified atom stereocenters. The molecule has 100 valence electrons. The van der Waals surface area contributed by atoms with Crippen LogP contribution in [0.4, 0.5) is 11.6 Å². The summed E-state index contributed by atoms with van der Waals surface area (Å²) in [5.41, 5.74) is 6.34. The number of pyridine rings is 1. The first-order valence-electron chi connectivity index (χ1n) is 6.86. The Morgan fingerprint density at radius 2 is 2.16 bits per heavy atom. The van der Waals surface area contributed by atoms with Crippen LogP contribution >= 0.6 is 0 Å². The summed E-state index contributed by atoms with van der Waals surface area (Å²) < 4.78 is 0. The second-order valence-electron chi connectivity index (χ2n) is 5.44. The lowest BCUT2D eigenvalue weighted by atomic mass is 9.87. The van der Waals surface area contributed by atoms with Gasteiger partial charge in [-0.3, -0.25) is 0 Å². The minimum absolute atomic E-state index is 0.489. The highest BCUT2D eigenvalue weighted by Gasteiger charge is 2.19. The van der Waals surface area contributed by atoms with Gasteiger partial charge in [-0.25, -0.2) is 15.0 Å². The molecular formula is C14H19N5. The maximum Gasteiger partial charge on any atom is 0.166 e. The molecule has 0 aliphatic heterocycles. The van der Waals surface area contributed by atoms with E-state index in [0.29, 0.717) is 17.5 Å². The molecule has 1 saturated carbocycles. The Kier molecular flexibility index (Phi) is 3.19. The molecule has 0 spiro atoms. The van der Waals surface area contributed by atoms with Crippen LogP contribution in [0.5, 0.6) is 0 Å². The largest absolute Gasteiger partial charge is 0.384 e. The number of aromatic nitrogens is 3. The Morgan fingerprint density at radius 3 is 3.00 bits per heavy atom. The van der Waals surface area contributed by atoms with Crippen LogP contribution in [-0.2, 0) is 0 Å². The van der Waals surface area contributed by atoms with Gasteiger partial charge in [-0.2, -0.15) is 0 Å². The maximum atomic E-state index is 5.68. The molecule has 5 heteroatoms. The smallest absolute Gasteiger partial charge is 0.166 e. The van der Waals surface area contributed by atoms with Gasteiger partial charge < -0.3 is 11.1 Å². The Bertz CT molecular complexity index is 583. The number of hydrogen-bond acceptors (Lipinski definition) is 5. The third-order valence-corrected chi connectivity index (χ3v) is 3.80. The van der Waals surface area contributed by atoms with Crippen molar-refractivity contribution >= 4 is 22.7 Å². The van der Waals surface area contributed by atoms with Crippen molar-refractivity contribution in [1.29, 1.82) is 0 Å². The molecule has 2 aromatic heterocycles. The zero-order valence-corrected chi connectivity index (χ0v) is 11.1. The number of anilines is 2. The summed E-state index contributed by atoms with van der Waals surface area (Å²) in [5, 5.41) is 4.48. The summed E-state index contributed by atoms with van der Waals surface area (Å²) in [6.07, 6.45) is 6.57. The Balaban J connectivity index is 1.88. The molecule has 1 fully saturated rings. The number of nitrogens with zero attached hydrogens (tertiary/aromatic N) is 3. The summed E-state index contributed by atoms with van der Waals surface area (Å²) >= 11 is 0. The number of rotatable bonds is 2. The normalized spacial score (nSPS) is 23.4. The van der Waals surface area contributed by atoms with Gasteiger partial charge in [-0.15, -0.1) is 0 Å². The summed E-state index contributed by atoms with van der Waals surface area (Å²) in [6.45, 7) is 2.31. The van der Waals surface area contributed by atoms with Crippen LogP contribution in [0.15, 0.2) is 18.5 Å². The monoisotopic (exact) mass is 257 g/mol. The van der Waals surface area contributed by atoms with E-state index in [0.717, 1.165) is 17.1 Å². The lowest BCUT2D eigenvalue weighted by Gasteiger charge is -2.28. The van der Waals surface area contributed by atoms with Crippen LogP contribution in [0.1, 0.15) is 32.6 Å². The molecule has 0 radical (unpaired) electrons. The minimum atomic E-state index is 0.489. The van der Waals surface area contributed by atoms with E-state index in [1.54, 1.807) is 12.4 Å². The quantitative estimate of drug-likeness (QED) is 0.864. The molecule has 2 aromatic rings. The first kappa shape index (κ1) is 12.1. The van der Waals surface area contributed by atoms with Crippen molar-refractivity contribution in [3.63, 3.8) is 0 Å². The molecule has 1 aliphatic rings. The third-order valence-electron chi connectivity index (χ3n) is 3.80. The van der Waals surface area contributed by atoms with Crippen molar-refractivity contribution in [1.82, 2.24) is 15.0 Å². The molecule has 0 bridgehead atoms. The predicted octanol–water partition coefficient (Wildman–Crippen LogP) is 2.60. The summed E-state index contributed by atoms with van der Waals surface area (Å²) in [4.78, 5) is 12.8. The van der Waals surface area contributed by atoms with Crippen molar-refractivity contribution in [2.45, 2.75) is 38.6 Å². The van der Waals surface area contributed by atoms with E-state index < -0.39 is 0 Å². The van der Waals surface area contributed by atoms with E-state index in [4.69, 9.17) is 5.73 Å². The zero-order valence-electron chi connectivity index (χ0n) is 11.1. The fourth-order valence-electron chi connectivity index (χ4n) is 2.83. The number of nitrogens with one attached hydrogen (secondary N) is 1. The molecular weight excluding hydrogens is 238 g/mol. The van der Waals surface area contributed by atoms with E-state index >= 15 is 0 Å². The number of nitrogen functional groups attached to an aromatic ring is 1. The molecule has 19 heavy (non-hydrogen) atoms. The van der Waals surface area contributed by atoms with Gasteiger partial charge in [0.1, 0.15) is 18.0 Å². The highest BCUT2D eigenvalue weighted by molar-refractivity contribution is 5.87. The Labute approximate surface area is 112 Å². The van der Waals surface area contributed by atoms with Crippen LogP contribution in [0.25, 0.3) is 11.0 Å². The van der Waals surface area contributed by atoms with Crippen molar-refractivity contribution in [3.8, 4) is 0 Å².